The fourth-order valence-corrected chi connectivity index (χ4v) is 8.13. The Bertz CT molecular complexity index is 1380. The van der Waals surface area contributed by atoms with Crippen LogP contribution >= 0.6 is 23.2 Å². The van der Waals surface area contributed by atoms with E-state index in [1.165, 1.54) is 13.0 Å². The van der Waals surface area contributed by atoms with Gasteiger partial charge in [0.15, 0.2) is 11.5 Å². The Morgan fingerprint density at radius 2 is 2.08 bits per heavy atom. The highest BCUT2D eigenvalue weighted by Gasteiger charge is 2.67. The van der Waals surface area contributed by atoms with Crippen molar-refractivity contribution in [3.05, 3.63) is 63.7 Å². The molecule has 5 atom stereocenters. The summed E-state index contributed by atoms with van der Waals surface area (Å²) in [7, 11) is 1.84. The third-order valence-corrected chi connectivity index (χ3v) is 10.1. The predicted octanol–water partition coefficient (Wildman–Crippen LogP) is 4.92. The molecule has 6 rings (SSSR count). The molecular weight excluding hydrogens is 539 g/mol. The molecule has 2 aliphatic heterocycles. The smallest absolute Gasteiger partial charge is 0.308 e. The van der Waals surface area contributed by atoms with E-state index in [2.05, 4.69) is 11.5 Å². The van der Waals surface area contributed by atoms with Crippen molar-refractivity contribution < 1.29 is 24.2 Å². The van der Waals surface area contributed by atoms with E-state index in [4.69, 9.17) is 32.7 Å². The number of phenols is 1. The van der Waals surface area contributed by atoms with E-state index in [1.807, 2.05) is 24.1 Å². The number of hydrogen-bond acceptors (Lipinski definition) is 6. The predicted molar refractivity (Wildman–Crippen MR) is 149 cm³/mol. The van der Waals surface area contributed by atoms with E-state index in [1.54, 1.807) is 12.1 Å². The quantitative estimate of drug-likeness (QED) is 0.302. The van der Waals surface area contributed by atoms with Crippen LogP contribution in [0.3, 0.4) is 0 Å². The second kappa shape index (κ2) is 9.72. The van der Waals surface area contributed by atoms with Crippen molar-refractivity contribution in [3.63, 3.8) is 0 Å². The molecule has 206 valence electrons. The molecule has 2 aromatic rings. The Morgan fingerprint density at radius 3 is 2.79 bits per heavy atom. The molecule has 1 N–H and O–H groups in total. The summed E-state index contributed by atoms with van der Waals surface area (Å²) in [6.07, 6.45) is 5.04. The van der Waals surface area contributed by atoms with Gasteiger partial charge in [-0.25, -0.2) is 0 Å². The highest BCUT2D eigenvalue weighted by Crippen LogP contribution is 2.65. The summed E-state index contributed by atoms with van der Waals surface area (Å²) < 4.78 is 12.3. The summed E-state index contributed by atoms with van der Waals surface area (Å²) in [5.41, 5.74) is 2.24. The summed E-state index contributed by atoms with van der Waals surface area (Å²) in [5.74, 6) is 0.693. The molecular formula is C30H32Cl2N2O5. The van der Waals surface area contributed by atoms with Crippen LogP contribution in [0.5, 0.6) is 17.2 Å². The first-order chi connectivity index (χ1) is 18.6. The maximum absolute atomic E-state index is 13.6. The molecule has 7 nitrogen and oxygen atoms in total. The molecule has 2 heterocycles. The summed E-state index contributed by atoms with van der Waals surface area (Å²) in [4.78, 5) is 29.8. The zero-order valence-corrected chi connectivity index (χ0v) is 23.6. The van der Waals surface area contributed by atoms with E-state index >= 15 is 0 Å². The second-order valence-electron chi connectivity index (χ2n) is 11.2. The van der Waals surface area contributed by atoms with Gasteiger partial charge in [-0.15, -0.1) is 6.58 Å². The van der Waals surface area contributed by atoms with Crippen molar-refractivity contribution in [3.8, 4) is 17.2 Å². The fourth-order valence-electron chi connectivity index (χ4n) is 7.80. The number of rotatable bonds is 6. The standard InChI is InChI=1S/C30H32Cl2N2O5/c1-4-10-34-11-9-30-19-6-8-22(33(3)26(37)13-17-5-7-20(31)21(32)12-17)29(30)39-28-25(38-16(2)35)15-24(36)18(27(28)30)14-23(19)34/h4-5,7,12,15,19,22-23,29,36H,1,6,8-11,13-14H2,2-3H3/t19-,22+,23+,29-,30-/m0/s1. The Labute approximate surface area is 238 Å². The fraction of sp³-hybridized carbons (Fsp3) is 0.467. The SMILES string of the molecule is C=CCN1CC[C@]23c4c5c(O)cc(OC(C)=O)c4O[C@H]2[C@H](N(C)C(=O)Cc2ccc(Cl)c(Cl)c2)CC[C@H]3[C@H]1C5. The topological polar surface area (TPSA) is 79.3 Å². The van der Waals surface area contributed by atoms with E-state index in [-0.39, 0.29) is 53.3 Å². The Balaban J connectivity index is 1.40. The number of carbonyl (C=O) groups excluding carboxylic acids is 2. The molecule has 0 unspecified atom stereocenters. The third kappa shape index (κ3) is 4.04. The van der Waals surface area contributed by atoms with Gasteiger partial charge in [0.1, 0.15) is 11.9 Å². The zero-order chi connectivity index (χ0) is 27.6. The molecule has 0 aromatic heterocycles. The van der Waals surface area contributed by atoms with Gasteiger partial charge in [0.25, 0.3) is 0 Å². The van der Waals surface area contributed by atoms with Crippen LogP contribution in [0.1, 0.15) is 42.9 Å². The lowest BCUT2D eigenvalue weighted by molar-refractivity contribution is -0.139. The average Bonchev–Trinajstić information content (AvgIpc) is 3.23. The van der Waals surface area contributed by atoms with Crippen LogP contribution in [0.4, 0.5) is 0 Å². The highest BCUT2D eigenvalue weighted by atomic mass is 35.5. The lowest BCUT2D eigenvalue weighted by atomic mass is 9.51. The number of phenolic OH excluding ortho intramolecular Hbond substituents is 1. The van der Waals surface area contributed by atoms with Crippen molar-refractivity contribution in [2.75, 3.05) is 20.1 Å². The molecule has 1 saturated carbocycles. The summed E-state index contributed by atoms with van der Waals surface area (Å²) in [5, 5.41) is 12.0. The first-order valence-corrected chi connectivity index (χ1v) is 14.2. The van der Waals surface area contributed by atoms with Crippen molar-refractivity contribution in [2.45, 2.75) is 62.6 Å². The molecule has 2 aliphatic carbocycles. The van der Waals surface area contributed by atoms with Crippen molar-refractivity contribution in [1.29, 1.82) is 0 Å². The van der Waals surface area contributed by atoms with Gasteiger partial charge in [-0.05, 0) is 55.8 Å². The number of carbonyl (C=O) groups is 2. The number of benzene rings is 2. The number of amides is 1. The van der Waals surface area contributed by atoms with Crippen molar-refractivity contribution >= 4 is 35.1 Å². The number of likely N-dealkylation sites (tertiary alicyclic amines) is 1. The molecule has 39 heavy (non-hydrogen) atoms. The van der Waals surface area contributed by atoms with Gasteiger partial charge in [0, 0.05) is 49.2 Å². The maximum atomic E-state index is 13.6. The maximum Gasteiger partial charge on any atom is 0.308 e. The van der Waals surface area contributed by atoms with Crippen LogP contribution in [0, 0.1) is 5.92 Å². The molecule has 0 radical (unpaired) electrons. The number of piperidine rings is 1. The van der Waals surface area contributed by atoms with Crippen LogP contribution in [0.2, 0.25) is 10.0 Å². The Hall–Kier alpha value is -2.74. The highest BCUT2D eigenvalue weighted by molar-refractivity contribution is 6.42. The van der Waals surface area contributed by atoms with Gasteiger partial charge in [-0.3, -0.25) is 14.5 Å². The van der Waals surface area contributed by atoms with Gasteiger partial charge in [-0.1, -0.05) is 35.3 Å². The van der Waals surface area contributed by atoms with Crippen LogP contribution in [-0.2, 0) is 27.8 Å². The van der Waals surface area contributed by atoms with Gasteiger partial charge >= 0.3 is 5.97 Å². The van der Waals surface area contributed by atoms with E-state index in [0.29, 0.717) is 22.2 Å². The molecule has 1 spiro atoms. The third-order valence-electron chi connectivity index (χ3n) is 9.34. The van der Waals surface area contributed by atoms with Gasteiger partial charge in [0.05, 0.1) is 22.5 Å². The first kappa shape index (κ1) is 26.5. The summed E-state index contributed by atoms with van der Waals surface area (Å²) >= 11 is 12.3. The molecule has 1 saturated heterocycles. The molecule has 1 amide bonds. The lowest BCUT2D eigenvalue weighted by Gasteiger charge is -2.60. The molecule has 2 bridgehead atoms. The van der Waals surface area contributed by atoms with Gasteiger partial charge in [0.2, 0.25) is 5.91 Å². The number of ether oxygens (including phenoxy) is 2. The first-order valence-electron chi connectivity index (χ1n) is 13.4. The Morgan fingerprint density at radius 1 is 1.28 bits per heavy atom. The normalized spacial score (nSPS) is 28.3. The second-order valence-corrected chi connectivity index (χ2v) is 12.0. The number of nitrogens with zero attached hydrogens (tertiary/aromatic N) is 2. The number of likely N-dealkylation sites (N-methyl/N-ethyl adjacent to an activating group) is 1. The summed E-state index contributed by atoms with van der Waals surface area (Å²) in [6, 6.07) is 6.80. The van der Waals surface area contributed by atoms with Crippen LogP contribution in [0.25, 0.3) is 0 Å². The van der Waals surface area contributed by atoms with Gasteiger partial charge < -0.3 is 19.5 Å². The number of halogens is 2. The largest absolute Gasteiger partial charge is 0.508 e. The van der Waals surface area contributed by atoms with E-state index in [9.17, 15) is 14.7 Å². The van der Waals surface area contributed by atoms with Crippen LogP contribution in [-0.4, -0.2) is 65.1 Å². The average molecular weight is 572 g/mol. The molecule has 2 aromatic carbocycles. The minimum absolute atomic E-state index is 0.0347. The zero-order valence-electron chi connectivity index (χ0n) is 22.1. The monoisotopic (exact) mass is 570 g/mol. The molecule has 9 heteroatoms. The Kier molecular flexibility index (Phi) is 6.60. The molecule has 2 fully saturated rings. The van der Waals surface area contributed by atoms with Crippen LogP contribution in [0.15, 0.2) is 36.9 Å². The van der Waals surface area contributed by atoms with Crippen molar-refractivity contribution in [2.24, 2.45) is 5.92 Å². The minimum atomic E-state index is -0.474. The minimum Gasteiger partial charge on any atom is -0.508 e. The summed E-state index contributed by atoms with van der Waals surface area (Å²) in [6.45, 7) is 6.95. The number of esters is 1. The molecule has 4 aliphatic rings. The van der Waals surface area contributed by atoms with E-state index in [0.717, 1.165) is 49.0 Å². The van der Waals surface area contributed by atoms with Gasteiger partial charge in [-0.2, -0.15) is 0 Å². The number of hydrogen-bond donors (Lipinski definition) is 1. The van der Waals surface area contributed by atoms with E-state index < -0.39 is 5.97 Å². The van der Waals surface area contributed by atoms with Crippen molar-refractivity contribution in [1.82, 2.24) is 9.80 Å². The lowest BCUT2D eigenvalue weighted by Crippen LogP contribution is -2.69. The van der Waals surface area contributed by atoms with Crippen LogP contribution < -0.4 is 9.47 Å². The number of aromatic hydroxyl groups is 1.